The number of rotatable bonds is 3. The number of hydrogen-bond donors (Lipinski definition) is 0. The van der Waals surface area contributed by atoms with Crippen molar-refractivity contribution < 1.29 is 0 Å². The van der Waals surface area contributed by atoms with E-state index in [-0.39, 0.29) is 44.6 Å². The molecule has 2 fully saturated rings. The van der Waals surface area contributed by atoms with Crippen LogP contribution in [0.15, 0.2) is 72.8 Å². The molecule has 14 rings (SSSR count). The first-order valence-corrected chi connectivity index (χ1v) is 29.1. The number of fused-ring (bicyclic) bond motifs is 10. The second-order valence-electron chi connectivity index (χ2n) is 28.7. The number of hydrogen-bond acceptors (Lipinski definition) is 3. The van der Waals surface area contributed by atoms with Gasteiger partial charge in [0.15, 0.2) is 0 Å². The molecular weight excluding hydrogens is 876 g/mol. The Kier molecular flexibility index (Phi) is 9.79. The van der Waals surface area contributed by atoms with Gasteiger partial charge in [0, 0.05) is 43.3 Å². The summed E-state index contributed by atoms with van der Waals surface area (Å²) < 4.78 is 3.00. The lowest BCUT2D eigenvalue weighted by Crippen LogP contribution is -2.60. The van der Waals surface area contributed by atoms with Gasteiger partial charge in [-0.25, -0.2) is 0 Å². The average Bonchev–Trinajstić information content (AvgIpc) is 3.70. The van der Waals surface area contributed by atoms with Crippen LogP contribution in [0.3, 0.4) is 0 Å². The molecule has 2 saturated carbocycles. The molecule has 0 saturated heterocycles. The van der Waals surface area contributed by atoms with E-state index in [9.17, 15) is 0 Å². The molecule has 368 valence electrons. The van der Waals surface area contributed by atoms with E-state index in [0.29, 0.717) is 5.92 Å². The smallest absolute Gasteiger partial charge is 0.264 e. The van der Waals surface area contributed by atoms with Crippen LogP contribution in [0.25, 0.3) is 10.1 Å². The van der Waals surface area contributed by atoms with E-state index in [1.807, 2.05) is 0 Å². The van der Waals surface area contributed by atoms with Crippen molar-refractivity contribution in [3.63, 3.8) is 0 Å². The highest BCUT2D eigenvalue weighted by atomic mass is 32.1. The van der Waals surface area contributed by atoms with Gasteiger partial charge in [0.05, 0.1) is 5.69 Å². The van der Waals surface area contributed by atoms with Crippen molar-refractivity contribution in [1.29, 1.82) is 0 Å². The van der Waals surface area contributed by atoms with Crippen molar-refractivity contribution >= 4 is 78.0 Å². The Morgan fingerprint density at radius 1 is 0.521 bits per heavy atom. The first kappa shape index (κ1) is 46.5. The molecule has 0 atom stereocenters. The van der Waals surface area contributed by atoms with Crippen molar-refractivity contribution in [3.05, 3.63) is 123 Å². The normalized spacial score (nSPS) is 25.3. The fourth-order valence-corrected chi connectivity index (χ4v) is 17.1. The lowest BCUT2D eigenvalue weighted by molar-refractivity contribution is 0.188. The van der Waals surface area contributed by atoms with Crippen molar-refractivity contribution in [2.24, 2.45) is 0 Å². The summed E-state index contributed by atoms with van der Waals surface area (Å²) in [7, 11) is 0. The summed E-state index contributed by atoms with van der Waals surface area (Å²) >= 11 is 2.13. The van der Waals surface area contributed by atoms with Gasteiger partial charge in [-0.15, -0.1) is 11.3 Å². The van der Waals surface area contributed by atoms with E-state index in [1.54, 1.807) is 22.3 Å². The van der Waals surface area contributed by atoms with E-state index < -0.39 is 0 Å². The number of nitrogens with zero attached hydrogens (tertiary/aromatic N) is 2. The van der Waals surface area contributed by atoms with Crippen molar-refractivity contribution in [2.75, 3.05) is 9.80 Å². The molecule has 4 heteroatoms. The lowest BCUT2D eigenvalue weighted by atomic mass is 9.36. The predicted octanol–water partition coefficient (Wildman–Crippen LogP) is 17.4. The molecular formula is C67H81BN2S. The Balaban J connectivity index is 1.16. The van der Waals surface area contributed by atoms with Gasteiger partial charge in [0.25, 0.3) is 6.71 Å². The van der Waals surface area contributed by atoms with E-state index in [2.05, 4.69) is 191 Å². The maximum Gasteiger partial charge on any atom is 0.264 e. The standard InChI is InChI=1S/C67H81BN2S/c1-40-32-47-49(65(11,12)27-26-63(47,7)8)38-53(40)70-54-35-43(61(2,3)4)20-23-52(54)68-58-55(33-42(34-56(58)70)41-18-16-15-17-19-41)69(44-21-22-46-48(36-44)64(9,10)25-24-62(46,5)6)59-45-37-50-51(39-57(45)71-60(59)68)67(14)30-28-66(50,13)29-31-67/h20-23,32-39,41H,15-19,24-31H2,1-14H3. The Morgan fingerprint density at radius 2 is 1.08 bits per heavy atom. The van der Waals surface area contributed by atoms with Crippen LogP contribution in [0.5, 0.6) is 0 Å². The topological polar surface area (TPSA) is 6.48 Å². The maximum absolute atomic E-state index is 2.85. The molecule has 3 heterocycles. The monoisotopic (exact) mass is 957 g/mol. The molecule has 0 radical (unpaired) electrons. The third-order valence-corrected chi connectivity index (χ3v) is 22.2. The fraction of sp³-hybridized carbons (Fsp3) is 0.522. The van der Waals surface area contributed by atoms with Crippen molar-refractivity contribution in [1.82, 2.24) is 0 Å². The Labute approximate surface area is 432 Å². The first-order chi connectivity index (χ1) is 33.4. The van der Waals surface area contributed by atoms with E-state index in [4.69, 9.17) is 0 Å². The fourth-order valence-electron chi connectivity index (χ4n) is 15.8. The molecule has 0 N–H and O–H groups in total. The number of anilines is 6. The highest BCUT2D eigenvalue weighted by molar-refractivity contribution is 7.33. The minimum absolute atomic E-state index is 0.00142. The highest BCUT2D eigenvalue weighted by Crippen LogP contribution is 2.60. The second kappa shape index (κ2) is 14.9. The van der Waals surface area contributed by atoms with Gasteiger partial charge in [0.2, 0.25) is 0 Å². The summed E-state index contributed by atoms with van der Waals surface area (Å²) in [5.41, 5.74) is 26.0. The molecule has 8 aliphatic rings. The number of benzene rings is 5. The minimum atomic E-state index is -0.00142. The van der Waals surface area contributed by atoms with Crippen LogP contribution in [0.4, 0.5) is 34.1 Å². The van der Waals surface area contributed by atoms with Gasteiger partial charge >= 0.3 is 0 Å². The predicted molar refractivity (Wildman–Crippen MR) is 309 cm³/mol. The molecule has 5 aromatic carbocycles. The molecule has 2 nitrogen and oxygen atoms in total. The number of thiophene rings is 1. The van der Waals surface area contributed by atoms with Gasteiger partial charge in [-0.05, 0) is 224 Å². The van der Waals surface area contributed by atoms with Crippen LogP contribution < -0.4 is 25.5 Å². The third kappa shape index (κ3) is 6.69. The van der Waals surface area contributed by atoms with E-state index in [0.717, 1.165) is 0 Å². The van der Waals surface area contributed by atoms with Crippen LogP contribution in [-0.2, 0) is 37.9 Å². The van der Waals surface area contributed by atoms with E-state index in [1.165, 1.54) is 171 Å². The molecule has 0 unspecified atom stereocenters. The summed E-state index contributed by atoms with van der Waals surface area (Å²) in [5.74, 6) is 0.547. The first-order valence-electron chi connectivity index (χ1n) is 28.2. The SMILES string of the molecule is Cc1cc2c(cc1N1c3cc(C(C)(C)C)ccc3B3c4sc5cc6c(cc5c4N(c4ccc5c(c4)C(C)(C)CCC5(C)C)c4cc(C5CCCCC5)cc1c43)C1(C)CCC6(C)CC1)C(C)(C)CCC2(C)C. The van der Waals surface area contributed by atoms with E-state index >= 15 is 0 Å². The van der Waals surface area contributed by atoms with Crippen LogP contribution in [-0.4, -0.2) is 6.71 Å². The summed E-state index contributed by atoms with van der Waals surface area (Å²) in [4.78, 5) is 5.66. The van der Waals surface area contributed by atoms with Gasteiger partial charge < -0.3 is 9.80 Å². The summed E-state index contributed by atoms with van der Waals surface area (Å²) in [5, 5.41) is 1.47. The Morgan fingerprint density at radius 3 is 1.70 bits per heavy atom. The molecule has 1 aromatic heterocycles. The quantitative estimate of drug-likeness (QED) is 0.163. The van der Waals surface area contributed by atoms with Crippen LogP contribution >= 0.6 is 11.3 Å². The largest absolute Gasteiger partial charge is 0.311 e. The van der Waals surface area contributed by atoms with Crippen molar-refractivity contribution in [2.45, 2.75) is 224 Å². The van der Waals surface area contributed by atoms with Gasteiger partial charge in [-0.3, -0.25) is 0 Å². The third-order valence-electron chi connectivity index (χ3n) is 21.0. The molecule has 6 aliphatic carbocycles. The minimum Gasteiger partial charge on any atom is -0.311 e. The zero-order chi connectivity index (χ0) is 49.7. The Bertz CT molecular complexity index is 3240. The molecule has 0 spiro atoms. The molecule has 71 heavy (non-hydrogen) atoms. The molecule has 2 aliphatic heterocycles. The van der Waals surface area contributed by atoms with Gasteiger partial charge in [0.1, 0.15) is 0 Å². The summed E-state index contributed by atoms with van der Waals surface area (Å²) in [6.07, 6.45) is 16.6. The summed E-state index contributed by atoms with van der Waals surface area (Å²) in [6, 6.07) is 31.7. The van der Waals surface area contributed by atoms with Crippen LogP contribution in [0.2, 0.25) is 0 Å². The average molecular weight is 957 g/mol. The van der Waals surface area contributed by atoms with Gasteiger partial charge in [-0.2, -0.15) is 0 Å². The zero-order valence-corrected chi connectivity index (χ0v) is 46.9. The Hall–Kier alpha value is -4.28. The maximum atomic E-state index is 2.85. The second-order valence-corrected chi connectivity index (χ2v) is 29.8. The molecule has 6 aromatic rings. The van der Waals surface area contributed by atoms with Crippen molar-refractivity contribution in [3.8, 4) is 0 Å². The van der Waals surface area contributed by atoms with Crippen LogP contribution in [0, 0.1) is 6.92 Å². The number of aryl methyl sites for hydroxylation is 1. The van der Waals surface area contributed by atoms with Gasteiger partial charge in [-0.1, -0.05) is 134 Å². The van der Waals surface area contributed by atoms with Crippen LogP contribution in [0.1, 0.15) is 229 Å². The highest BCUT2D eigenvalue weighted by Gasteiger charge is 2.51. The molecule has 2 bridgehead atoms. The molecule has 0 amide bonds. The zero-order valence-electron chi connectivity index (χ0n) is 46.1. The summed E-state index contributed by atoms with van der Waals surface area (Å²) in [6.45, 7) is 34.9. The lowest BCUT2D eigenvalue weighted by Gasteiger charge is -2.52.